The number of nitrogens with zero attached hydrogens (tertiary/aromatic N) is 4. The fraction of sp³-hybridized carbons (Fsp3) is 0.316. The molecule has 5 nitrogen and oxygen atoms in total. The lowest BCUT2D eigenvalue weighted by Crippen LogP contribution is -2.23. The molecular formula is C19H23N5. The Morgan fingerprint density at radius 2 is 1.79 bits per heavy atom. The molecule has 2 aromatic heterocycles. The summed E-state index contributed by atoms with van der Waals surface area (Å²) in [5.74, 6) is 0. The monoisotopic (exact) mass is 321 g/mol. The first-order chi connectivity index (χ1) is 11.5. The Hall–Kier alpha value is -2.53. The molecule has 0 aliphatic heterocycles. The fourth-order valence-electron chi connectivity index (χ4n) is 2.53. The van der Waals surface area contributed by atoms with Gasteiger partial charge in [-0.3, -0.25) is 4.98 Å². The van der Waals surface area contributed by atoms with Crippen molar-refractivity contribution in [1.29, 1.82) is 0 Å². The van der Waals surface area contributed by atoms with Crippen LogP contribution in [0.4, 0.5) is 0 Å². The van der Waals surface area contributed by atoms with Crippen LogP contribution in [0.2, 0.25) is 0 Å². The number of rotatable bonds is 5. The molecular weight excluding hydrogens is 298 g/mol. The normalized spacial score (nSPS) is 13.0. The summed E-state index contributed by atoms with van der Waals surface area (Å²) >= 11 is 0. The van der Waals surface area contributed by atoms with Crippen LogP contribution in [0.3, 0.4) is 0 Å². The van der Waals surface area contributed by atoms with Crippen molar-refractivity contribution in [3.05, 3.63) is 77.9 Å². The van der Waals surface area contributed by atoms with E-state index >= 15 is 0 Å². The third-order valence-electron chi connectivity index (χ3n) is 3.87. The van der Waals surface area contributed by atoms with E-state index in [4.69, 9.17) is 0 Å². The molecule has 0 saturated carbocycles. The SMILES string of the molecule is CC(C)(C)n1cc(CN[C@H](c2ccccc2)c2cccnc2)nn1. The molecule has 0 aliphatic rings. The van der Waals surface area contributed by atoms with Gasteiger partial charge in [-0.05, 0) is 38.0 Å². The van der Waals surface area contributed by atoms with Crippen molar-refractivity contribution in [2.45, 2.75) is 38.9 Å². The number of hydrogen-bond donors (Lipinski definition) is 1. The molecule has 24 heavy (non-hydrogen) atoms. The van der Waals surface area contributed by atoms with Gasteiger partial charge in [0.25, 0.3) is 0 Å². The first-order valence-electron chi connectivity index (χ1n) is 8.14. The van der Waals surface area contributed by atoms with E-state index in [1.54, 1.807) is 6.20 Å². The Morgan fingerprint density at radius 1 is 1.04 bits per heavy atom. The molecule has 0 radical (unpaired) electrons. The predicted molar refractivity (Wildman–Crippen MR) is 94.4 cm³/mol. The molecule has 1 atom stereocenters. The van der Waals surface area contributed by atoms with Crippen molar-refractivity contribution < 1.29 is 0 Å². The molecule has 0 amide bonds. The van der Waals surface area contributed by atoms with Crippen LogP contribution in [0.1, 0.15) is 43.6 Å². The number of hydrogen-bond acceptors (Lipinski definition) is 4. The zero-order valence-corrected chi connectivity index (χ0v) is 14.3. The minimum Gasteiger partial charge on any atom is -0.300 e. The summed E-state index contributed by atoms with van der Waals surface area (Å²) in [6, 6.07) is 14.5. The molecule has 0 aliphatic carbocycles. The molecule has 0 fully saturated rings. The molecule has 1 N–H and O–H groups in total. The summed E-state index contributed by atoms with van der Waals surface area (Å²) in [6.07, 6.45) is 5.69. The summed E-state index contributed by atoms with van der Waals surface area (Å²) in [6.45, 7) is 6.98. The van der Waals surface area contributed by atoms with Crippen molar-refractivity contribution in [1.82, 2.24) is 25.3 Å². The van der Waals surface area contributed by atoms with Gasteiger partial charge in [-0.15, -0.1) is 5.10 Å². The largest absolute Gasteiger partial charge is 0.300 e. The van der Waals surface area contributed by atoms with Gasteiger partial charge in [0.05, 0.1) is 23.5 Å². The zero-order valence-electron chi connectivity index (χ0n) is 14.3. The lowest BCUT2D eigenvalue weighted by atomic mass is 10.0. The highest BCUT2D eigenvalue weighted by Crippen LogP contribution is 2.21. The minimum atomic E-state index is -0.0621. The van der Waals surface area contributed by atoms with Gasteiger partial charge >= 0.3 is 0 Å². The van der Waals surface area contributed by atoms with Gasteiger partial charge in [-0.2, -0.15) is 0 Å². The smallest absolute Gasteiger partial charge is 0.0965 e. The van der Waals surface area contributed by atoms with Crippen molar-refractivity contribution in [2.24, 2.45) is 0 Å². The molecule has 1 aromatic carbocycles. The van der Waals surface area contributed by atoms with E-state index in [9.17, 15) is 0 Å². The van der Waals surface area contributed by atoms with E-state index in [-0.39, 0.29) is 11.6 Å². The zero-order chi connectivity index (χ0) is 17.0. The highest BCUT2D eigenvalue weighted by molar-refractivity contribution is 5.29. The molecule has 124 valence electrons. The number of aromatic nitrogens is 4. The maximum atomic E-state index is 4.28. The summed E-state index contributed by atoms with van der Waals surface area (Å²) in [5, 5.41) is 12.1. The maximum Gasteiger partial charge on any atom is 0.0965 e. The Bertz CT molecular complexity index is 720. The fourth-order valence-corrected chi connectivity index (χ4v) is 2.53. The van der Waals surface area contributed by atoms with Crippen LogP contribution in [0.25, 0.3) is 0 Å². The summed E-state index contributed by atoms with van der Waals surface area (Å²) in [7, 11) is 0. The highest BCUT2D eigenvalue weighted by atomic mass is 15.4. The Labute approximate surface area is 142 Å². The standard InChI is InChI=1S/C19H23N5/c1-19(2,3)24-14-17(22-23-24)13-21-18(15-8-5-4-6-9-15)16-10-7-11-20-12-16/h4-12,14,18,21H,13H2,1-3H3/t18-/m1/s1. The Balaban J connectivity index is 1.79. The quantitative estimate of drug-likeness (QED) is 0.783. The third kappa shape index (κ3) is 3.86. The first kappa shape index (κ1) is 16.3. The lowest BCUT2D eigenvalue weighted by Gasteiger charge is -2.19. The van der Waals surface area contributed by atoms with Crippen molar-refractivity contribution in [3.63, 3.8) is 0 Å². The number of benzene rings is 1. The van der Waals surface area contributed by atoms with E-state index in [0.29, 0.717) is 6.54 Å². The molecule has 5 heteroatoms. The maximum absolute atomic E-state index is 4.28. The molecule has 0 bridgehead atoms. The summed E-state index contributed by atoms with van der Waals surface area (Å²) in [5.41, 5.74) is 3.20. The van der Waals surface area contributed by atoms with Crippen LogP contribution in [-0.4, -0.2) is 20.0 Å². The molecule has 2 heterocycles. The molecule has 3 aromatic rings. The van der Waals surface area contributed by atoms with Crippen LogP contribution in [0.15, 0.2) is 61.1 Å². The van der Waals surface area contributed by atoms with Gasteiger partial charge in [0, 0.05) is 18.9 Å². The topological polar surface area (TPSA) is 55.6 Å². The van der Waals surface area contributed by atoms with Crippen molar-refractivity contribution >= 4 is 0 Å². The van der Waals surface area contributed by atoms with Crippen molar-refractivity contribution in [3.8, 4) is 0 Å². The van der Waals surface area contributed by atoms with Gasteiger partial charge in [0.15, 0.2) is 0 Å². The molecule has 0 unspecified atom stereocenters. The van der Waals surface area contributed by atoms with Gasteiger partial charge in [0.2, 0.25) is 0 Å². The van der Waals surface area contributed by atoms with Crippen LogP contribution in [-0.2, 0) is 12.1 Å². The first-order valence-corrected chi connectivity index (χ1v) is 8.14. The summed E-state index contributed by atoms with van der Waals surface area (Å²) in [4.78, 5) is 4.25. The molecule has 0 spiro atoms. The molecule has 3 rings (SSSR count). The van der Waals surface area contributed by atoms with Crippen LogP contribution >= 0.6 is 0 Å². The number of nitrogens with one attached hydrogen (secondary N) is 1. The van der Waals surface area contributed by atoms with Crippen molar-refractivity contribution in [2.75, 3.05) is 0 Å². The second-order valence-corrected chi connectivity index (χ2v) is 6.84. The second-order valence-electron chi connectivity index (χ2n) is 6.84. The van der Waals surface area contributed by atoms with Gasteiger partial charge < -0.3 is 5.32 Å². The Kier molecular flexibility index (Phi) is 4.71. The van der Waals surface area contributed by atoms with Crippen LogP contribution < -0.4 is 5.32 Å². The average molecular weight is 321 g/mol. The second kappa shape index (κ2) is 6.93. The predicted octanol–water partition coefficient (Wildman–Crippen LogP) is 3.31. The van der Waals surface area contributed by atoms with Gasteiger partial charge in [0.1, 0.15) is 0 Å². The van der Waals surface area contributed by atoms with E-state index < -0.39 is 0 Å². The van der Waals surface area contributed by atoms with Crippen LogP contribution in [0, 0.1) is 0 Å². The van der Waals surface area contributed by atoms with Gasteiger partial charge in [-0.1, -0.05) is 41.6 Å². The average Bonchev–Trinajstić information content (AvgIpc) is 3.06. The molecule has 0 saturated heterocycles. The van der Waals surface area contributed by atoms with E-state index in [1.165, 1.54) is 5.56 Å². The highest BCUT2D eigenvalue weighted by Gasteiger charge is 2.17. The summed E-state index contributed by atoms with van der Waals surface area (Å²) < 4.78 is 1.89. The van der Waals surface area contributed by atoms with E-state index in [2.05, 4.69) is 71.7 Å². The van der Waals surface area contributed by atoms with Gasteiger partial charge in [-0.25, -0.2) is 4.68 Å². The van der Waals surface area contributed by atoms with E-state index in [0.717, 1.165) is 11.3 Å². The number of pyridine rings is 1. The lowest BCUT2D eigenvalue weighted by molar-refractivity contribution is 0.347. The van der Waals surface area contributed by atoms with Crippen LogP contribution in [0.5, 0.6) is 0 Å². The third-order valence-corrected chi connectivity index (χ3v) is 3.87. The Morgan fingerprint density at radius 3 is 2.42 bits per heavy atom. The van der Waals surface area contributed by atoms with E-state index in [1.807, 2.05) is 29.2 Å². The minimum absolute atomic E-state index is 0.0621.